The summed E-state index contributed by atoms with van der Waals surface area (Å²) in [6.07, 6.45) is 7.22. The summed E-state index contributed by atoms with van der Waals surface area (Å²) in [5.74, 6) is 0.338. The lowest BCUT2D eigenvalue weighted by molar-refractivity contribution is -0.940. The maximum Gasteiger partial charge on any atom is 0.312 e. The highest BCUT2D eigenvalue weighted by atomic mass is 16.6. The van der Waals surface area contributed by atoms with Gasteiger partial charge in [-0.05, 0) is 79.8 Å². The number of hydrogen-bond acceptors (Lipinski definition) is 9. The van der Waals surface area contributed by atoms with Crippen LogP contribution in [0.2, 0.25) is 0 Å². The number of epoxide rings is 1. The monoisotopic (exact) mass is 907 g/mol. The lowest BCUT2D eigenvalue weighted by atomic mass is 9.93. The van der Waals surface area contributed by atoms with Crippen LogP contribution in [0.3, 0.4) is 0 Å². The average Bonchev–Trinajstić information content (AvgIpc) is 4.05. The number of aryl methyl sites for hydroxylation is 1. The SMILES string of the molecule is C#CCCC(=O)Oc1ccc(C[N+]2(CC(=O)N[C@@H](CCc3ccccc3)C(=O)N[C@@H](CC(C)C)C(=O)N[C@@H](Cc3ccccc3)C(=O)N[C@@H](CC(C)C)C(=O)[C@@]3(C)CO3)CCOCC2)cc1. The zero-order valence-electron chi connectivity index (χ0n) is 39.1. The maximum absolute atomic E-state index is 14.5. The topological polar surface area (TPSA) is 182 Å². The highest BCUT2D eigenvalue weighted by Crippen LogP contribution is 2.30. The Balaban J connectivity index is 1.33. The third-order valence-electron chi connectivity index (χ3n) is 12.0. The van der Waals surface area contributed by atoms with Crippen LogP contribution in [0.15, 0.2) is 84.9 Å². The number of terminal acetylenes is 1. The number of rotatable bonds is 25. The number of nitrogens with zero attached hydrogens (tertiary/aromatic N) is 1. The van der Waals surface area contributed by atoms with Crippen molar-refractivity contribution in [1.29, 1.82) is 0 Å². The van der Waals surface area contributed by atoms with Crippen molar-refractivity contribution in [3.05, 3.63) is 102 Å². The van der Waals surface area contributed by atoms with Gasteiger partial charge in [0.05, 0.1) is 32.3 Å². The molecule has 14 nitrogen and oxygen atoms in total. The maximum atomic E-state index is 14.5. The number of ether oxygens (including phenoxy) is 3. The van der Waals surface area contributed by atoms with Crippen molar-refractivity contribution >= 4 is 35.4 Å². The van der Waals surface area contributed by atoms with Gasteiger partial charge < -0.3 is 40.0 Å². The number of hydrogen-bond donors (Lipinski definition) is 4. The molecule has 0 radical (unpaired) electrons. The number of ketones is 1. The minimum atomic E-state index is -1.08. The van der Waals surface area contributed by atoms with Crippen molar-refractivity contribution in [2.45, 2.75) is 116 Å². The van der Waals surface area contributed by atoms with E-state index in [1.54, 1.807) is 19.1 Å². The summed E-state index contributed by atoms with van der Waals surface area (Å²) in [6, 6.07) is 22.2. The molecule has 14 heteroatoms. The number of esters is 1. The molecule has 2 fully saturated rings. The normalized spacial score (nSPS) is 18.2. The molecule has 2 heterocycles. The summed E-state index contributed by atoms with van der Waals surface area (Å²) in [6.45, 7) is 12.4. The zero-order chi connectivity index (χ0) is 47.7. The Labute approximate surface area is 389 Å². The molecule has 5 rings (SSSR count). The zero-order valence-corrected chi connectivity index (χ0v) is 39.1. The van der Waals surface area contributed by atoms with Crippen LogP contribution in [0.4, 0.5) is 0 Å². The van der Waals surface area contributed by atoms with Crippen molar-refractivity contribution in [2.75, 3.05) is 39.5 Å². The van der Waals surface area contributed by atoms with E-state index in [0.717, 1.165) is 16.7 Å². The summed E-state index contributed by atoms with van der Waals surface area (Å²) >= 11 is 0. The fraction of sp³-hybridized carbons (Fsp3) is 0.500. The van der Waals surface area contributed by atoms with Crippen molar-refractivity contribution in [1.82, 2.24) is 21.3 Å². The number of morpholine rings is 1. The molecule has 3 aromatic rings. The highest BCUT2D eigenvalue weighted by molar-refractivity contribution is 5.98. The van der Waals surface area contributed by atoms with E-state index >= 15 is 0 Å². The van der Waals surface area contributed by atoms with Gasteiger partial charge in [-0.25, -0.2) is 0 Å². The third kappa shape index (κ3) is 16.2. The standard InChI is InChI=1S/C52H67N5O9/c1-7-8-19-47(59)66-41-23-20-40(21-24-41)33-57(26-28-64-29-27-57)34-46(58)53-42(25-22-38-15-11-9-12-16-38)49(61)55-44(31-37(4)5)50(62)56-45(32-39-17-13-10-14-18-39)51(63)54-43(30-36(2)3)48(60)52(6)35-65-52/h1,9-18,20-21,23-24,36-37,42-45H,8,19,22,25-35H2,2-6H3,(H3-,53,54,55,56,58,61,62,63)/p+1/t42-,43-,44-,45-,52+/m0/s1. The number of Topliss-reactive ketones (excluding diaryl/α,β-unsaturated/α-hetero) is 1. The lowest BCUT2D eigenvalue weighted by Crippen LogP contribution is -2.61. The molecule has 0 bridgehead atoms. The highest BCUT2D eigenvalue weighted by Gasteiger charge is 2.50. The van der Waals surface area contributed by atoms with Gasteiger partial charge in [-0.2, -0.15) is 0 Å². The first-order valence-corrected chi connectivity index (χ1v) is 23.2. The molecule has 2 saturated heterocycles. The fourth-order valence-corrected chi connectivity index (χ4v) is 8.18. The molecule has 66 heavy (non-hydrogen) atoms. The number of quaternary nitrogens is 1. The van der Waals surface area contributed by atoms with E-state index < -0.39 is 53.5 Å². The number of amides is 4. The Morgan fingerprint density at radius 1 is 0.712 bits per heavy atom. The van der Waals surface area contributed by atoms with Crippen LogP contribution >= 0.6 is 0 Å². The van der Waals surface area contributed by atoms with E-state index in [4.69, 9.17) is 20.6 Å². The Kier molecular flexibility index (Phi) is 19.0. The third-order valence-corrected chi connectivity index (χ3v) is 12.0. The predicted molar refractivity (Wildman–Crippen MR) is 250 cm³/mol. The van der Waals surface area contributed by atoms with Crippen molar-refractivity contribution in [2.24, 2.45) is 11.8 Å². The molecule has 3 aromatic carbocycles. The number of benzene rings is 3. The number of carbonyl (C=O) groups excluding carboxylic acids is 6. The van der Waals surface area contributed by atoms with Crippen LogP contribution in [-0.4, -0.2) is 109 Å². The first-order chi connectivity index (χ1) is 31.6. The first-order valence-electron chi connectivity index (χ1n) is 23.2. The van der Waals surface area contributed by atoms with Gasteiger partial charge in [-0.1, -0.05) is 88.4 Å². The molecule has 0 aromatic heterocycles. The van der Waals surface area contributed by atoms with Gasteiger partial charge in [0.25, 0.3) is 5.91 Å². The molecule has 4 N–H and O–H groups in total. The van der Waals surface area contributed by atoms with Crippen LogP contribution in [0, 0.1) is 24.2 Å². The second kappa shape index (κ2) is 24.6. The Morgan fingerprint density at radius 2 is 1.26 bits per heavy atom. The second-order valence-corrected chi connectivity index (χ2v) is 18.7. The van der Waals surface area contributed by atoms with E-state index in [0.29, 0.717) is 62.3 Å². The molecule has 0 saturated carbocycles. The summed E-state index contributed by atoms with van der Waals surface area (Å²) in [5.41, 5.74) is 1.75. The molecule has 0 unspecified atom stereocenters. The largest absolute Gasteiger partial charge is 0.427 e. The minimum Gasteiger partial charge on any atom is -0.427 e. The van der Waals surface area contributed by atoms with Gasteiger partial charge in [-0.3, -0.25) is 28.8 Å². The first kappa shape index (κ1) is 51.1. The van der Waals surface area contributed by atoms with Crippen molar-refractivity contribution in [3.63, 3.8) is 0 Å². The molecule has 5 atom stereocenters. The summed E-state index contributed by atoms with van der Waals surface area (Å²) in [5, 5.41) is 11.8. The summed E-state index contributed by atoms with van der Waals surface area (Å²) in [4.78, 5) is 82.8. The van der Waals surface area contributed by atoms with Gasteiger partial charge in [0.1, 0.15) is 49.1 Å². The van der Waals surface area contributed by atoms with E-state index in [1.807, 2.05) is 100 Å². The molecule has 354 valence electrons. The van der Waals surface area contributed by atoms with E-state index in [9.17, 15) is 28.8 Å². The van der Waals surface area contributed by atoms with Crippen molar-refractivity contribution < 1.29 is 47.5 Å². The molecule has 2 aliphatic heterocycles. The number of carbonyl (C=O) groups is 6. The lowest BCUT2D eigenvalue weighted by Gasteiger charge is -2.41. The minimum absolute atomic E-state index is 0.0348. The summed E-state index contributed by atoms with van der Waals surface area (Å²) < 4.78 is 16.9. The van der Waals surface area contributed by atoms with Gasteiger partial charge in [0, 0.05) is 18.4 Å². The Bertz CT molecular complexity index is 2130. The van der Waals surface area contributed by atoms with Gasteiger partial charge in [0.2, 0.25) is 17.7 Å². The Hall–Kier alpha value is -5.88. The van der Waals surface area contributed by atoms with Gasteiger partial charge in [0.15, 0.2) is 12.3 Å². The fourth-order valence-electron chi connectivity index (χ4n) is 8.18. The number of nitrogens with one attached hydrogen (secondary N) is 4. The molecule has 4 amide bonds. The van der Waals surface area contributed by atoms with Crippen LogP contribution in [0.1, 0.15) is 83.4 Å². The molecule has 2 aliphatic rings. The predicted octanol–water partition coefficient (Wildman–Crippen LogP) is 4.62. The summed E-state index contributed by atoms with van der Waals surface area (Å²) in [7, 11) is 0. The average molecular weight is 907 g/mol. The molecule has 0 spiro atoms. The Morgan fingerprint density at radius 3 is 1.85 bits per heavy atom. The molecular formula is C52H68N5O9+. The van der Waals surface area contributed by atoms with Crippen molar-refractivity contribution in [3.8, 4) is 18.1 Å². The van der Waals surface area contributed by atoms with Gasteiger partial charge in [-0.15, -0.1) is 12.3 Å². The van der Waals surface area contributed by atoms with Crippen LogP contribution in [0.5, 0.6) is 5.75 Å². The van der Waals surface area contributed by atoms with Gasteiger partial charge >= 0.3 is 5.97 Å². The van der Waals surface area contributed by atoms with E-state index in [1.165, 1.54) is 0 Å². The van der Waals surface area contributed by atoms with Crippen LogP contribution in [0.25, 0.3) is 0 Å². The smallest absolute Gasteiger partial charge is 0.312 e. The van der Waals surface area contributed by atoms with Crippen LogP contribution in [-0.2, 0) is 57.6 Å². The van der Waals surface area contributed by atoms with Crippen LogP contribution < -0.4 is 26.0 Å². The second-order valence-electron chi connectivity index (χ2n) is 18.7. The molecule has 0 aliphatic carbocycles. The quantitative estimate of drug-likeness (QED) is 0.0310. The van der Waals surface area contributed by atoms with E-state index in [-0.39, 0.29) is 62.4 Å². The van der Waals surface area contributed by atoms with E-state index in [2.05, 4.69) is 27.2 Å². The molecular weight excluding hydrogens is 839 g/mol.